The van der Waals surface area contributed by atoms with Gasteiger partial charge in [0.2, 0.25) is 5.91 Å². The van der Waals surface area contributed by atoms with Gasteiger partial charge in [-0.25, -0.2) is 0 Å². The summed E-state index contributed by atoms with van der Waals surface area (Å²) >= 11 is 0. The molecule has 0 bridgehead atoms. The number of ether oxygens (including phenoxy) is 1. The van der Waals surface area contributed by atoms with Gasteiger partial charge in [-0.05, 0) is 31.9 Å². The lowest BCUT2D eigenvalue weighted by Gasteiger charge is -2.20. The van der Waals surface area contributed by atoms with Gasteiger partial charge in [-0.3, -0.25) is 4.79 Å². The number of methoxy groups -OCH3 is 1. The Morgan fingerprint density at radius 3 is 2.57 bits per heavy atom. The van der Waals surface area contributed by atoms with E-state index in [1.54, 1.807) is 7.11 Å². The summed E-state index contributed by atoms with van der Waals surface area (Å²) in [5.74, 6) is 0.602. The van der Waals surface area contributed by atoms with Crippen molar-refractivity contribution in [1.29, 1.82) is 0 Å². The van der Waals surface area contributed by atoms with Crippen molar-refractivity contribution < 1.29 is 9.53 Å². The Hall–Kier alpha value is -2.33. The molecule has 0 aromatic heterocycles. The van der Waals surface area contributed by atoms with Gasteiger partial charge in [0.25, 0.3) is 0 Å². The van der Waals surface area contributed by atoms with E-state index in [9.17, 15) is 4.79 Å². The fraction of sp³-hybridized carbons (Fsp3) is 0.316. The fourth-order valence-corrected chi connectivity index (χ4v) is 2.55. The smallest absolute Gasteiger partial charge is 0.237 e. The molecule has 2 aromatic carbocycles. The largest absolute Gasteiger partial charge is 0.496 e. The van der Waals surface area contributed by atoms with Gasteiger partial charge in [0.1, 0.15) is 5.75 Å². The lowest BCUT2D eigenvalue weighted by molar-refractivity contribution is -0.123. The first kappa shape index (κ1) is 17.0. The Morgan fingerprint density at radius 1 is 1.22 bits per heavy atom. The van der Waals surface area contributed by atoms with Crippen LogP contribution in [-0.2, 0) is 11.2 Å². The maximum Gasteiger partial charge on any atom is 0.237 e. The van der Waals surface area contributed by atoms with Crippen molar-refractivity contribution in [2.24, 2.45) is 5.73 Å². The number of hydrogen-bond acceptors (Lipinski definition) is 3. The second-order valence-electron chi connectivity index (χ2n) is 5.77. The Morgan fingerprint density at radius 2 is 1.91 bits per heavy atom. The quantitative estimate of drug-likeness (QED) is 0.862. The third-order valence-electron chi connectivity index (χ3n) is 3.85. The molecule has 3 N–H and O–H groups in total. The number of amides is 1. The highest BCUT2D eigenvalue weighted by atomic mass is 16.5. The van der Waals surface area contributed by atoms with Gasteiger partial charge < -0.3 is 15.8 Å². The van der Waals surface area contributed by atoms with Crippen LogP contribution in [0.5, 0.6) is 5.75 Å². The SMILES string of the molecule is COc1ccc(C)cc1C(C)NC(=O)[C@@H](N)Cc1ccccc1. The van der Waals surface area contributed by atoms with Crippen LogP contribution in [0, 0.1) is 6.92 Å². The third kappa shape index (κ3) is 4.57. The molecule has 0 saturated carbocycles. The van der Waals surface area contributed by atoms with Gasteiger partial charge in [0.15, 0.2) is 0 Å². The first-order valence-corrected chi connectivity index (χ1v) is 7.75. The van der Waals surface area contributed by atoms with E-state index in [4.69, 9.17) is 10.5 Å². The minimum absolute atomic E-state index is 0.162. The Balaban J connectivity index is 2.03. The fourth-order valence-electron chi connectivity index (χ4n) is 2.55. The molecule has 1 amide bonds. The van der Waals surface area contributed by atoms with Crippen LogP contribution in [0.4, 0.5) is 0 Å². The van der Waals surface area contributed by atoms with Crippen LogP contribution in [0.15, 0.2) is 48.5 Å². The van der Waals surface area contributed by atoms with E-state index in [1.165, 1.54) is 0 Å². The van der Waals surface area contributed by atoms with Crippen LogP contribution in [0.1, 0.15) is 29.7 Å². The summed E-state index contributed by atoms with van der Waals surface area (Å²) in [6.07, 6.45) is 0.518. The number of nitrogens with two attached hydrogens (primary N) is 1. The highest BCUT2D eigenvalue weighted by molar-refractivity contribution is 5.82. The molecule has 0 aliphatic heterocycles. The number of rotatable bonds is 6. The average Bonchev–Trinajstić information content (AvgIpc) is 2.55. The zero-order chi connectivity index (χ0) is 16.8. The molecule has 2 rings (SSSR count). The lowest BCUT2D eigenvalue weighted by atomic mass is 10.0. The van der Waals surface area contributed by atoms with E-state index < -0.39 is 6.04 Å². The minimum Gasteiger partial charge on any atom is -0.496 e. The van der Waals surface area contributed by atoms with Gasteiger partial charge in [-0.15, -0.1) is 0 Å². The third-order valence-corrected chi connectivity index (χ3v) is 3.85. The maximum absolute atomic E-state index is 12.3. The Bertz CT molecular complexity index is 656. The molecule has 23 heavy (non-hydrogen) atoms. The molecule has 4 nitrogen and oxygen atoms in total. The van der Waals surface area contributed by atoms with Crippen molar-refractivity contribution in [3.05, 3.63) is 65.2 Å². The zero-order valence-corrected chi connectivity index (χ0v) is 13.9. The molecule has 4 heteroatoms. The lowest BCUT2D eigenvalue weighted by Crippen LogP contribution is -2.43. The molecule has 2 aromatic rings. The summed E-state index contributed by atoms with van der Waals surface area (Å²) in [4.78, 5) is 12.3. The van der Waals surface area contributed by atoms with Gasteiger partial charge in [0.05, 0.1) is 19.2 Å². The van der Waals surface area contributed by atoms with E-state index in [2.05, 4.69) is 5.32 Å². The monoisotopic (exact) mass is 312 g/mol. The van der Waals surface area contributed by atoms with Gasteiger partial charge >= 0.3 is 0 Å². The van der Waals surface area contributed by atoms with E-state index in [0.29, 0.717) is 6.42 Å². The summed E-state index contributed by atoms with van der Waals surface area (Å²) in [7, 11) is 1.63. The van der Waals surface area contributed by atoms with E-state index in [0.717, 1.165) is 22.4 Å². The molecule has 1 unspecified atom stereocenters. The first-order chi connectivity index (χ1) is 11.0. The summed E-state index contributed by atoms with van der Waals surface area (Å²) in [6.45, 7) is 3.95. The Labute approximate surface area is 137 Å². The molecule has 0 heterocycles. The number of aryl methyl sites for hydroxylation is 1. The van der Waals surface area contributed by atoms with E-state index in [1.807, 2.05) is 62.4 Å². The normalized spacial score (nSPS) is 13.2. The highest BCUT2D eigenvalue weighted by Gasteiger charge is 2.19. The van der Waals surface area contributed by atoms with Crippen LogP contribution in [0.25, 0.3) is 0 Å². The molecule has 0 spiro atoms. The minimum atomic E-state index is -0.573. The predicted molar refractivity (Wildman–Crippen MR) is 92.4 cm³/mol. The number of benzene rings is 2. The number of nitrogens with one attached hydrogen (secondary N) is 1. The second-order valence-corrected chi connectivity index (χ2v) is 5.77. The van der Waals surface area contributed by atoms with Crippen molar-refractivity contribution in [3.63, 3.8) is 0 Å². The summed E-state index contributed by atoms with van der Waals surface area (Å²) < 4.78 is 5.38. The van der Waals surface area contributed by atoms with Crippen LogP contribution in [-0.4, -0.2) is 19.1 Å². The predicted octanol–water partition coefficient (Wildman–Crippen LogP) is 2.75. The van der Waals surface area contributed by atoms with Crippen LogP contribution >= 0.6 is 0 Å². The maximum atomic E-state index is 12.3. The van der Waals surface area contributed by atoms with E-state index >= 15 is 0 Å². The molecule has 0 aliphatic rings. The van der Waals surface area contributed by atoms with Crippen molar-refractivity contribution in [2.75, 3.05) is 7.11 Å². The van der Waals surface area contributed by atoms with Gasteiger partial charge in [-0.1, -0.05) is 48.0 Å². The summed E-state index contributed by atoms with van der Waals surface area (Å²) in [5, 5.41) is 2.97. The van der Waals surface area contributed by atoms with E-state index in [-0.39, 0.29) is 11.9 Å². The highest BCUT2D eigenvalue weighted by Crippen LogP contribution is 2.26. The molecule has 0 aliphatic carbocycles. The van der Waals surface area contributed by atoms with Crippen molar-refractivity contribution in [3.8, 4) is 5.75 Å². The topological polar surface area (TPSA) is 64.3 Å². The molecular formula is C19H24N2O2. The number of hydrogen-bond donors (Lipinski definition) is 2. The first-order valence-electron chi connectivity index (χ1n) is 7.75. The number of carbonyl (C=O) groups excluding carboxylic acids is 1. The van der Waals surface area contributed by atoms with Crippen LogP contribution < -0.4 is 15.8 Å². The molecule has 2 atom stereocenters. The zero-order valence-electron chi connectivity index (χ0n) is 13.9. The van der Waals surface area contributed by atoms with Gasteiger partial charge in [-0.2, -0.15) is 0 Å². The van der Waals surface area contributed by atoms with Crippen molar-refractivity contribution in [1.82, 2.24) is 5.32 Å². The second kappa shape index (κ2) is 7.79. The number of carbonyl (C=O) groups is 1. The van der Waals surface area contributed by atoms with Gasteiger partial charge in [0, 0.05) is 5.56 Å². The van der Waals surface area contributed by atoms with Crippen molar-refractivity contribution in [2.45, 2.75) is 32.4 Å². The summed E-state index contributed by atoms with van der Waals surface area (Å²) in [6, 6.07) is 15.0. The molecule has 0 saturated heterocycles. The Kier molecular flexibility index (Phi) is 5.77. The van der Waals surface area contributed by atoms with Crippen molar-refractivity contribution >= 4 is 5.91 Å². The van der Waals surface area contributed by atoms with Crippen LogP contribution in [0.2, 0.25) is 0 Å². The average molecular weight is 312 g/mol. The molecule has 0 fully saturated rings. The molecule has 0 radical (unpaired) electrons. The standard InChI is InChI=1S/C19H24N2O2/c1-13-9-10-18(23-3)16(11-13)14(2)21-19(22)17(20)12-15-7-5-4-6-8-15/h4-11,14,17H,12,20H2,1-3H3,(H,21,22)/t14?,17-/m0/s1. The van der Waals surface area contributed by atoms with Crippen LogP contribution in [0.3, 0.4) is 0 Å². The molecule has 122 valence electrons. The molecular weight excluding hydrogens is 288 g/mol. The summed E-state index contributed by atoms with van der Waals surface area (Å²) in [5.41, 5.74) is 9.16.